The van der Waals surface area contributed by atoms with Crippen molar-refractivity contribution in [2.24, 2.45) is 11.8 Å². The van der Waals surface area contributed by atoms with Crippen LogP contribution in [0.1, 0.15) is 43.8 Å². The third kappa shape index (κ3) is 1.32. The maximum atomic E-state index is 5.85. The summed E-state index contributed by atoms with van der Waals surface area (Å²) in [5.74, 6) is 5.11. The van der Waals surface area contributed by atoms with Crippen LogP contribution in [0, 0.1) is 11.8 Å². The van der Waals surface area contributed by atoms with E-state index in [2.05, 4.69) is 21.7 Å². The highest BCUT2D eigenvalue weighted by Gasteiger charge is 2.55. The van der Waals surface area contributed by atoms with Crippen LogP contribution in [0.25, 0.3) is 0 Å². The van der Waals surface area contributed by atoms with E-state index in [4.69, 9.17) is 11.6 Å². The molecule has 0 spiro atoms. The van der Waals surface area contributed by atoms with Crippen LogP contribution in [-0.4, -0.2) is 14.8 Å². The van der Waals surface area contributed by atoms with E-state index in [-0.39, 0.29) is 0 Å². The maximum Gasteiger partial charge on any atom is 0.147 e. The molecule has 0 saturated heterocycles. The second kappa shape index (κ2) is 3.48. The molecule has 0 aromatic carbocycles. The molecule has 0 N–H and O–H groups in total. The summed E-state index contributed by atoms with van der Waals surface area (Å²) in [6.45, 7) is 3.08. The normalized spacial score (nSPS) is 33.1. The fourth-order valence-corrected chi connectivity index (χ4v) is 3.44. The van der Waals surface area contributed by atoms with Crippen LogP contribution >= 0.6 is 11.6 Å². The lowest BCUT2D eigenvalue weighted by atomic mass is 10.1. The van der Waals surface area contributed by atoms with Gasteiger partial charge in [-0.25, -0.2) is 0 Å². The smallest absolute Gasteiger partial charge is 0.147 e. The molecule has 15 heavy (non-hydrogen) atoms. The topological polar surface area (TPSA) is 30.7 Å². The van der Waals surface area contributed by atoms with Crippen LogP contribution in [0.4, 0.5) is 0 Å². The van der Waals surface area contributed by atoms with E-state index < -0.39 is 0 Å². The molecular formula is C11H16ClN3. The molecule has 0 bridgehead atoms. The number of nitrogens with zero attached hydrogens (tertiary/aromatic N) is 3. The zero-order valence-electron chi connectivity index (χ0n) is 8.99. The largest absolute Gasteiger partial charge is 0.314 e. The summed E-state index contributed by atoms with van der Waals surface area (Å²) in [4.78, 5) is 0. The average molecular weight is 226 g/mol. The van der Waals surface area contributed by atoms with Gasteiger partial charge in [0, 0.05) is 12.5 Å². The standard InChI is InChI=1S/C11H16ClN3/c1-2-15-9(6-12)13-14-11(15)10-7-4-3-5-8(7)10/h7-8,10H,2-6H2,1H3. The fraction of sp³-hybridized carbons (Fsp3) is 0.818. The predicted molar refractivity (Wildman–Crippen MR) is 58.8 cm³/mol. The minimum absolute atomic E-state index is 0.475. The number of halogens is 1. The highest BCUT2D eigenvalue weighted by Crippen LogP contribution is 2.62. The van der Waals surface area contributed by atoms with E-state index in [1.807, 2.05) is 0 Å². The Morgan fingerprint density at radius 2 is 2.07 bits per heavy atom. The number of fused-ring (bicyclic) bond motifs is 1. The van der Waals surface area contributed by atoms with E-state index in [0.29, 0.717) is 11.8 Å². The minimum Gasteiger partial charge on any atom is -0.314 e. The molecule has 2 atom stereocenters. The first kappa shape index (κ1) is 9.64. The first-order valence-electron chi connectivity index (χ1n) is 5.84. The Balaban J connectivity index is 1.89. The van der Waals surface area contributed by atoms with Crippen molar-refractivity contribution in [2.45, 2.75) is 44.5 Å². The van der Waals surface area contributed by atoms with Crippen molar-refractivity contribution in [2.75, 3.05) is 0 Å². The Labute approximate surface area is 94.8 Å². The van der Waals surface area contributed by atoms with Gasteiger partial charge in [-0.3, -0.25) is 0 Å². The van der Waals surface area contributed by atoms with E-state index in [1.165, 1.54) is 25.1 Å². The Morgan fingerprint density at radius 1 is 1.33 bits per heavy atom. The highest BCUT2D eigenvalue weighted by molar-refractivity contribution is 6.16. The molecule has 2 saturated carbocycles. The fourth-order valence-electron chi connectivity index (χ4n) is 3.24. The van der Waals surface area contributed by atoms with Gasteiger partial charge in [0.25, 0.3) is 0 Å². The van der Waals surface area contributed by atoms with E-state index in [1.54, 1.807) is 0 Å². The molecule has 82 valence electrons. The molecular weight excluding hydrogens is 210 g/mol. The van der Waals surface area contributed by atoms with Gasteiger partial charge in [-0.1, -0.05) is 6.42 Å². The number of rotatable bonds is 3. The molecule has 4 heteroatoms. The molecule has 2 aliphatic carbocycles. The van der Waals surface area contributed by atoms with E-state index >= 15 is 0 Å². The van der Waals surface area contributed by atoms with Gasteiger partial charge < -0.3 is 4.57 Å². The zero-order chi connectivity index (χ0) is 10.4. The van der Waals surface area contributed by atoms with E-state index in [9.17, 15) is 0 Å². The van der Waals surface area contributed by atoms with Gasteiger partial charge >= 0.3 is 0 Å². The Bertz CT molecular complexity index is 364. The average Bonchev–Trinajstić information content (AvgIpc) is 2.73. The molecule has 1 heterocycles. The van der Waals surface area contributed by atoms with E-state index in [0.717, 1.165) is 24.2 Å². The maximum absolute atomic E-state index is 5.85. The lowest BCUT2D eigenvalue weighted by molar-refractivity contribution is 0.606. The number of aromatic nitrogens is 3. The molecule has 0 radical (unpaired) electrons. The summed E-state index contributed by atoms with van der Waals surface area (Å²) in [6.07, 6.45) is 4.19. The number of hydrogen-bond donors (Lipinski definition) is 0. The lowest BCUT2D eigenvalue weighted by Gasteiger charge is -2.06. The zero-order valence-corrected chi connectivity index (χ0v) is 9.74. The van der Waals surface area contributed by atoms with Crippen LogP contribution in [0.3, 0.4) is 0 Å². The first-order chi connectivity index (χ1) is 7.36. The van der Waals surface area contributed by atoms with Crippen molar-refractivity contribution in [1.29, 1.82) is 0 Å². The first-order valence-corrected chi connectivity index (χ1v) is 6.38. The molecule has 0 aliphatic heterocycles. The van der Waals surface area contributed by atoms with Crippen LogP contribution < -0.4 is 0 Å². The minimum atomic E-state index is 0.475. The molecule has 1 aromatic heterocycles. The Kier molecular flexibility index (Phi) is 2.23. The molecule has 2 aliphatic rings. The highest BCUT2D eigenvalue weighted by atomic mass is 35.5. The predicted octanol–water partition coefficient (Wildman–Crippen LogP) is 2.55. The van der Waals surface area contributed by atoms with Gasteiger partial charge in [0.15, 0.2) is 0 Å². The second-order valence-electron chi connectivity index (χ2n) is 4.64. The summed E-state index contributed by atoms with van der Waals surface area (Å²) in [5, 5.41) is 8.51. The summed E-state index contributed by atoms with van der Waals surface area (Å²) in [5.41, 5.74) is 0. The monoisotopic (exact) mass is 225 g/mol. The third-order valence-corrected chi connectivity index (χ3v) is 4.24. The van der Waals surface area contributed by atoms with Gasteiger partial charge in [0.1, 0.15) is 11.6 Å². The molecule has 0 amide bonds. The van der Waals surface area contributed by atoms with Crippen LogP contribution in [0.15, 0.2) is 0 Å². The third-order valence-electron chi connectivity index (χ3n) is 4.00. The molecule has 3 nitrogen and oxygen atoms in total. The number of hydrogen-bond acceptors (Lipinski definition) is 2. The quantitative estimate of drug-likeness (QED) is 0.741. The van der Waals surface area contributed by atoms with Crippen LogP contribution in [0.5, 0.6) is 0 Å². The van der Waals surface area contributed by atoms with Crippen molar-refractivity contribution in [3.05, 3.63) is 11.6 Å². The van der Waals surface area contributed by atoms with Gasteiger partial charge in [-0.15, -0.1) is 21.8 Å². The molecule has 2 fully saturated rings. The second-order valence-corrected chi connectivity index (χ2v) is 4.90. The molecule has 1 aromatic rings. The van der Waals surface area contributed by atoms with Gasteiger partial charge in [0.05, 0.1) is 5.88 Å². The molecule has 2 unspecified atom stereocenters. The summed E-state index contributed by atoms with van der Waals surface area (Å²) in [6, 6.07) is 0. The van der Waals surface area contributed by atoms with Gasteiger partial charge in [0.2, 0.25) is 0 Å². The van der Waals surface area contributed by atoms with Crippen LogP contribution in [-0.2, 0) is 12.4 Å². The van der Waals surface area contributed by atoms with Crippen molar-refractivity contribution >= 4 is 11.6 Å². The van der Waals surface area contributed by atoms with Crippen molar-refractivity contribution in [3.8, 4) is 0 Å². The van der Waals surface area contributed by atoms with Crippen molar-refractivity contribution in [3.63, 3.8) is 0 Å². The molecule has 3 rings (SSSR count). The Morgan fingerprint density at radius 3 is 2.67 bits per heavy atom. The SMILES string of the molecule is CCn1c(CCl)nnc1C1C2CCCC21. The van der Waals surface area contributed by atoms with Gasteiger partial charge in [-0.05, 0) is 31.6 Å². The summed E-state index contributed by atoms with van der Waals surface area (Å²) >= 11 is 5.85. The van der Waals surface area contributed by atoms with Crippen molar-refractivity contribution < 1.29 is 0 Å². The lowest BCUT2D eigenvalue weighted by Crippen LogP contribution is -2.05. The van der Waals surface area contributed by atoms with Gasteiger partial charge in [-0.2, -0.15) is 0 Å². The summed E-state index contributed by atoms with van der Waals surface area (Å²) < 4.78 is 2.20. The summed E-state index contributed by atoms with van der Waals surface area (Å²) in [7, 11) is 0. The Hall–Kier alpha value is -0.570. The number of alkyl halides is 1. The van der Waals surface area contributed by atoms with Crippen molar-refractivity contribution in [1.82, 2.24) is 14.8 Å². The van der Waals surface area contributed by atoms with Crippen LogP contribution in [0.2, 0.25) is 0 Å².